The highest BCUT2D eigenvalue weighted by atomic mass is 35.5. The number of ether oxygens (including phenoxy) is 1. The van der Waals surface area contributed by atoms with Gasteiger partial charge in [0.25, 0.3) is 5.91 Å². The van der Waals surface area contributed by atoms with E-state index in [9.17, 15) is 9.59 Å². The summed E-state index contributed by atoms with van der Waals surface area (Å²) in [5, 5.41) is 2.70. The van der Waals surface area contributed by atoms with E-state index in [-0.39, 0.29) is 36.1 Å². The zero-order valence-corrected chi connectivity index (χ0v) is 20.3. The molecule has 1 aliphatic rings. The van der Waals surface area contributed by atoms with Crippen molar-refractivity contribution in [1.82, 2.24) is 9.80 Å². The van der Waals surface area contributed by atoms with Crippen molar-refractivity contribution in [2.45, 2.75) is 26.3 Å². The third-order valence-electron chi connectivity index (χ3n) is 5.57. The lowest BCUT2D eigenvalue weighted by Gasteiger charge is -2.37. The van der Waals surface area contributed by atoms with Crippen LogP contribution >= 0.6 is 22.9 Å². The second-order valence-corrected chi connectivity index (χ2v) is 9.91. The molecule has 8 heteroatoms. The molecule has 0 saturated heterocycles. The molecule has 2 aromatic heterocycles. The Morgan fingerprint density at radius 1 is 1.24 bits per heavy atom. The first kappa shape index (κ1) is 23.4. The number of amides is 2. The Balaban J connectivity index is 1.52. The van der Waals surface area contributed by atoms with Crippen molar-refractivity contribution < 1.29 is 18.7 Å². The van der Waals surface area contributed by atoms with Gasteiger partial charge in [-0.15, -0.1) is 11.3 Å². The third-order valence-corrected chi connectivity index (χ3v) is 6.82. The zero-order chi connectivity index (χ0) is 23.4. The Morgan fingerprint density at radius 3 is 2.73 bits per heavy atom. The number of thiophene rings is 1. The summed E-state index contributed by atoms with van der Waals surface area (Å²) in [6.45, 7) is 5.42. The molecule has 0 aliphatic carbocycles. The largest absolute Gasteiger partial charge is 0.491 e. The van der Waals surface area contributed by atoms with E-state index in [1.807, 2.05) is 30.9 Å². The molecule has 0 N–H and O–H groups in total. The van der Waals surface area contributed by atoms with Crippen molar-refractivity contribution in [3.63, 3.8) is 0 Å². The topological polar surface area (TPSA) is 63.0 Å². The molecule has 1 atom stereocenters. The maximum absolute atomic E-state index is 13.5. The molecule has 6 nitrogen and oxygen atoms in total. The molecular formula is C25H27ClN2O4S. The molecule has 2 amide bonds. The molecule has 3 aromatic rings. The van der Waals surface area contributed by atoms with Crippen molar-refractivity contribution in [2.75, 3.05) is 26.2 Å². The minimum absolute atomic E-state index is 0.00533. The molecule has 33 heavy (non-hydrogen) atoms. The summed E-state index contributed by atoms with van der Waals surface area (Å²) >= 11 is 7.68. The Bertz CT molecular complexity index is 1080. The fourth-order valence-corrected chi connectivity index (χ4v) is 5.11. The molecule has 0 unspecified atom stereocenters. The number of fused-ring (bicyclic) bond motifs is 1. The Labute approximate surface area is 202 Å². The van der Waals surface area contributed by atoms with Gasteiger partial charge >= 0.3 is 0 Å². The fourth-order valence-electron chi connectivity index (χ4n) is 4.05. The summed E-state index contributed by atoms with van der Waals surface area (Å²) < 4.78 is 11.3. The van der Waals surface area contributed by atoms with E-state index in [2.05, 4.69) is 11.4 Å². The van der Waals surface area contributed by atoms with Crippen LogP contribution in [-0.4, -0.2) is 47.9 Å². The van der Waals surface area contributed by atoms with Gasteiger partial charge in [0.05, 0.1) is 12.3 Å². The average Bonchev–Trinajstić information content (AvgIpc) is 3.49. The Kier molecular flexibility index (Phi) is 7.40. The van der Waals surface area contributed by atoms with Gasteiger partial charge < -0.3 is 19.0 Å². The number of benzene rings is 1. The standard InChI is InChI=1S/C25H27ClN2O4S/c1-17(2)14-27(25(30)22-4-3-12-31-22)15-24(29)28-11-9-23-20(10-13-33-23)21(28)16-32-19-7-5-18(26)6-8-19/h3-8,10,12-13,17,21H,9,11,14-16H2,1-2H3/t21-/m0/s1. The lowest BCUT2D eigenvalue weighted by atomic mass is 10.0. The molecule has 3 heterocycles. The van der Waals surface area contributed by atoms with Crippen molar-refractivity contribution in [2.24, 2.45) is 5.92 Å². The van der Waals surface area contributed by atoms with Gasteiger partial charge in [-0.05, 0) is 65.7 Å². The average molecular weight is 487 g/mol. The number of hydrogen-bond donors (Lipinski definition) is 0. The summed E-state index contributed by atoms with van der Waals surface area (Å²) in [4.78, 5) is 31.1. The third kappa shape index (κ3) is 5.60. The molecule has 1 aliphatic heterocycles. The highest BCUT2D eigenvalue weighted by Crippen LogP contribution is 2.34. The quantitative estimate of drug-likeness (QED) is 0.433. The molecule has 1 aromatic carbocycles. The molecule has 0 spiro atoms. The lowest BCUT2D eigenvalue weighted by Crippen LogP contribution is -2.48. The van der Waals surface area contributed by atoms with Gasteiger partial charge in [-0.3, -0.25) is 9.59 Å². The molecular weight excluding hydrogens is 460 g/mol. The Morgan fingerprint density at radius 2 is 2.03 bits per heavy atom. The van der Waals surface area contributed by atoms with Crippen LogP contribution in [0, 0.1) is 5.92 Å². The lowest BCUT2D eigenvalue weighted by molar-refractivity contribution is -0.135. The van der Waals surface area contributed by atoms with Crippen LogP contribution in [0.2, 0.25) is 5.02 Å². The smallest absolute Gasteiger partial charge is 0.290 e. The second-order valence-electron chi connectivity index (χ2n) is 8.47. The molecule has 4 rings (SSSR count). The first-order valence-electron chi connectivity index (χ1n) is 11.0. The van der Waals surface area contributed by atoms with Crippen LogP contribution in [0.15, 0.2) is 58.5 Å². The monoisotopic (exact) mass is 486 g/mol. The Hall–Kier alpha value is -2.77. The van der Waals surface area contributed by atoms with Gasteiger partial charge in [-0.2, -0.15) is 0 Å². The number of nitrogens with zero attached hydrogens (tertiary/aromatic N) is 2. The van der Waals surface area contributed by atoms with Crippen molar-refractivity contribution in [3.05, 3.63) is 75.3 Å². The van der Waals surface area contributed by atoms with Crippen molar-refractivity contribution in [3.8, 4) is 5.75 Å². The van der Waals surface area contributed by atoms with Gasteiger partial charge in [0.2, 0.25) is 5.91 Å². The highest BCUT2D eigenvalue weighted by molar-refractivity contribution is 7.10. The van der Waals surface area contributed by atoms with E-state index in [0.717, 1.165) is 12.0 Å². The zero-order valence-electron chi connectivity index (χ0n) is 18.7. The number of furan rings is 1. The molecule has 0 saturated carbocycles. The van der Waals surface area contributed by atoms with E-state index >= 15 is 0 Å². The van der Waals surface area contributed by atoms with E-state index in [4.69, 9.17) is 20.8 Å². The second kappa shape index (κ2) is 10.4. The van der Waals surface area contributed by atoms with Crippen LogP contribution in [0.4, 0.5) is 0 Å². The SMILES string of the molecule is CC(C)CN(CC(=O)N1CCc2sccc2[C@@H]1COc1ccc(Cl)cc1)C(=O)c1ccco1. The van der Waals surface area contributed by atoms with E-state index < -0.39 is 0 Å². The van der Waals surface area contributed by atoms with Gasteiger partial charge in [-0.1, -0.05) is 25.4 Å². The van der Waals surface area contributed by atoms with Crippen LogP contribution in [0.3, 0.4) is 0 Å². The number of rotatable bonds is 8. The maximum atomic E-state index is 13.5. The van der Waals surface area contributed by atoms with Gasteiger partial charge in [0, 0.05) is 23.0 Å². The van der Waals surface area contributed by atoms with E-state index in [1.165, 1.54) is 11.1 Å². The summed E-state index contributed by atoms with van der Waals surface area (Å²) in [5.41, 5.74) is 1.11. The number of halogens is 1. The fraction of sp³-hybridized carbons (Fsp3) is 0.360. The minimum atomic E-state index is -0.274. The first-order chi connectivity index (χ1) is 15.9. The molecule has 0 radical (unpaired) electrons. The predicted molar refractivity (Wildman–Crippen MR) is 129 cm³/mol. The summed E-state index contributed by atoms with van der Waals surface area (Å²) in [7, 11) is 0. The highest BCUT2D eigenvalue weighted by Gasteiger charge is 2.34. The summed E-state index contributed by atoms with van der Waals surface area (Å²) in [5.74, 6) is 0.778. The van der Waals surface area contributed by atoms with E-state index in [0.29, 0.717) is 30.5 Å². The van der Waals surface area contributed by atoms with E-state index in [1.54, 1.807) is 40.5 Å². The van der Waals surface area contributed by atoms with Crippen LogP contribution < -0.4 is 4.74 Å². The van der Waals surface area contributed by atoms with Gasteiger partial charge in [-0.25, -0.2) is 0 Å². The normalized spacial score (nSPS) is 15.4. The van der Waals surface area contributed by atoms with Gasteiger partial charge in [0.15, 0.2) is 5.76 Å². The molecule has 174 valence electrons. The summed E-state index contributed by atoms with van der Waals surface area (Å²) in [6.07, 6.45) is 2.27. The van der Waals surface area contributed by atoms with Crippen LogP contribution in [0.5, 0.6) is 5.75 Å². The minimum Gasteiger partial charge on any atom is -0.491 e. The molecule has 0 bridgehead atoms. The van der Waals surface area contributed by atoms with Crippen LogP contribution in [0.1, 0.15) is 40.9 Å². The van der Waals surface area contributed by atoms with Crippen molar-refractivity contribution in [1.29, 1.82) is 0 Å². The molecule has 0 fully saturated rings. The predicted octanol–water partition coefficient (Wildman–Crippen LogP) is 5.30. The number of carbonyl (C=O) groups is 2. The first-order valence-corrected chi connectivity index (χ1v) is 12.2. The number of hydrogen-bond acceptors (Lipinski definition) is 5. The van der Waals surface area contributed by atoms with Crippen molar-refractivity contribution >= 4 is 34.8 Å². The summed E-state index contributed by atoms with van der Waals surface area (Å²) in [6, 6.07) is 12.3. The van der Waals surface area contributed by atoms with Crippen LogP contribution in [-0.2, 0) is 11.2 Å². The number of carbonyl (C=O) groups excluding carboxylic acids is 2. The van der Waals surface area contributed by atoms with Gasteiger partial charge in [0.1, 0.15) is 18.9 Å². The maximum Gasteiger partial charge on any atom is 0.290 e. The van der Waals surface area contributed by atoms with Crippen LogP contribution in [0.25, 0.3) is 0 Å².